The Morgan fingerprint density at radius 1 is 0.763 bits per heavy atom. The molecule has 12 heteroatoms. The first-order valence-electron chi connectivity index (χ1n) is 11.3. The molecule has 0 aliphatic carbocycles. The molecular weight excluding hydrogens is 616 g/mol. The zero-order valence-electron chi connectivity index (χ0n) is 19.6. The third-order valence-corrected chi connectivity index (χ3v) is 9.92. The molecule has 0 radical (unpaired) electrons. The highest BCUT2D eigenvalue weighted by Gasteiger charge is 2.56. The van der Waals surface area contributed by atoms with Gasteiger partial charge in [0.05, 0.1) is 18.7 Å². The van der Waals surface area contributed by atoms with Crippen molar-refractivity contribution in [1.29, 1.82) is 0 Å². The molecule has 1 heterocycles. The molecule has 1 N–H and O–H groups in total. The topological polar surface area (TPSA) is 89.5 Å². The average Bonchev–Trinajstić information content (AvgIpc) is 2.83. The Balaban J connectivity index is 1.96. The van der Waals surface area contributed by atoms with Crippen molar-refractivity contribution in [2.75, 3.05) is 6.61 Å². The molecule has 0 amide bonds. The molecule has 0 spiro atoms. The first kappa shape index (κ1) is 29.2. The van der Waals surface area contributed by atoms with Crippen molar-refractivity contribution in [3.63, 3.8) is 0 Å². The SMILES string of the molecule is CCOC(=O)[C@H]1[C@H](c2ccc(Cl)cc2Cl)N[C@H](c2ccc(Cl)cc2Cl)[C@@H](C(=O)c2ccc(Cl)cc2)S1(=O)=O. The van der Waals surface area contributed by atoms with Crippen molar-refractivity contribution < 1.29 is 22.7 Å². The Morgan fingerprint density at radius 3 is 1.71 bits per heavy atom. The van der Waals surface area contributed by atoms with Gasteiger partial charge in [0.25, 0.3) is 0 Å². The fraction of sp³-hybridized carbons (Fsp3) is 0.231. The highest BCUT2D eigenvalue weighted by molar-refractivity contribution is 7.94. The maximum Gasteiger partial charge on any atom is 0.326 e. The zero-order chi connectivity index (χ0) is 27.8. The summed E-state index contributed by atoms with van der Waals surface area (Å²) in [5.41, 5.74) is 0.667. The van der Waals surface area contributed by atoms with Crippen LogP contribution in [0.1, 0.15) is 40.5 Å². The van der Waals surface area contributed by atoms with Gasteiger partial charge in [-0.2, -0.15) is 0 Å². The van der Waals surface area contributed by atoms with Crippen LogP contribution in [0.25, 0.3) is 0 Å². The molecule has 200 valence electrons. The summed E-state index contributed by atoms with van der Waals surface area (Å²) < 4.78 is 33.8. The molecule has 1 aliphatic rings. The number of hydrogen-bond acceptors (Lipinski definition) is 6. The number of hydrogen-bond donors (Lipinski definition) is 1. The Bertz CT molecular complexity index is 1500. The minimum absolute atomic E-state index is 0.0752. The predicted octanol–water partition coefficient (Wildman–Crippen LogP) is 6.94. The second kappa shape index (κ2) is 11.7. The average molecular weight is 636 g/mol. The van der Waals surface area contributed by atoms with Crippen LogP contribution in [0.5, 0.6) is 0 Å². The summed E-state index contributed by atoms with van der Waals surface area (Å²) >= 11 is 31.1. The van der Waals surface area contributed by atoms with Crippen LogP contribution in [0.3, 0.4) is 0 Å². The van der Waals surface area contributed by atoms with E-state index in [1.54, 1.807) is 6.92 Å². The normalized spacial score (nSPS) is 22.6. The van der Waals surface area contributed by atoms with Crippen molar-refractivity contribution >= 4 is 79.6 Å². The lowest BCUT2D eigenvalue weighted by atomic mass is 9.93. The Hall–Kier alpha value is -1.84. The van der Waals surface area contributed by atoms with Crippen molar-refractivity contribution in [3.8, 4) is 0 Å². The molecule has 3 aromatic carbocycles. The van der Waals surface area contributed by atoms with Crippen LogP contribution < -0.4 is 5.32 Å². The van der Waals surface area contributed by atoms with Gasteiger partial charge in [0.2, 0.25) is 0 Å². The van der Waals surface area contributed by atoms with E-state index in [-0.39, 0.29) is 27.8 Å². The smallest absolute Gasteiger partial charge is 0.326 e. The molecular formula is C26H20Cl5NO5S. The molecule has 4 atom stereocenters. The number of carbonyl (C=O) groups excluding carboxylic acids is 2. The second-order valence-corrected chi connectivity index (χ2v) is 12.8. The number of rotatable bonds is 6. The summed E-state index contributed by atoms with van der Waals surface area (Å²) in [6, 6.07) is 12.4. The molecule has 0 saturated carbocycles. The number of nitrogens with one attached hydrogen (secondary N) is 1. The van der Waals surface area contributed by atoms with E-state index < -0.39 is 44.2 Å². The molecule has 6 nitrogen and oxygen atoms in total. The van der Waals surface area contributed by atoms with Crippen LogP contribution >= 0.6 is 58.0 Å². The number of halogens is 5. The number of benzene rings is 3. The van der Waals surface area contributed by atoms with E-state index in [1.807, 2.05) is 0 Å². The lowest BCUT2D eigenvalue weighted by Gasteiger charge is -2.41. The molecule has 0 unspecified atom stereocenters. The number of carbonyl (C=O) groups is 2. The van der Waals surface area contributed by atoms with E-state index in [1.165, 1.54) is 60.7 Å². The monoisotopic (exact) mass is 633 g/mol. The van der Waals surface area contributed by atoms with E-state index >= 15 is 0 Å². The molecule has 1 aliphatic heterocycles. The molecule has 0 bridgehead atoms. The van der Waals surface area contributed by atoms with Crippen molar-refractivity contribution in [3.05, 3.63) is 102 Å². The highest BCUT2D eigenvalue weighted by Crippen LogP contribution is 2.43. The van der Waals surface area contributed by atoms with Crippen LogP contribution in [0.2, 0.25) is 25.1 Å². The molecule has 3 aromatic rings. The fourth-order valence-electron chi connectivity index (χ4n) is 4.49. The Labute approximate surface area is 245 Å². The third kappa shape index (κ3) is 5.70. The predicted molar refractivity (Wildman–Crippen MR) is 150 cm³/mol. The summed E-state index contributed by atoms with van der Waals surface area (Å²) in [6.45, 7) is 1.48. The summed E-state index contributed by atoms with van der Waals surface area (Å²) in [5.74, 6) is -1.77. The largest absolute Gasteiger partial charge is 0.465 e. The van der Waals surface area contributed by atoms with Gasteiger partial charge in [-0.1, -0.05) is 70.1 Å². The van der Waals surface area contributed by atoms with Gasteiger partial charge in [0.15, 0.2) is 20.9 Å². The van der Waals surface area contributed by atoms with Gasteiger partial charge in [0, 0.05) is 30.7 Å². The summed E-state index contributed by atoms with van der Waals surface area (Å²) in [5, 5.41) is 0.894. The summed E-state index contributed by atoms with van der Waals surface area (Å²) in [4.78, 5) is 27.0. The van der Waals surface area contributed by atoms with Crippen LogP contribution in [0.15, 0.2) is 60.7 Å². The molecule has 4 rings (SSSR count). The molecule has 38 heavy (non-hydrogen) atoms. The maximum atomic E-state index is 14.3. The standard InChI is InChI=1S/C26H20Cl5NO5S/c1-2-37-26(34)25-22(18-10-8-16(29)12-20(18)31)32-21(17-9-7-15(28)11-19(17)30)24(38(25,35)36)23(33)13-3-5-14(27)6-4-13/h3-12,21-22,24-25,32H,2H2,1H3/t21-,22+,24+,25-/m1/s1. The fourth-order valence-corrected chi connectivity index (χ4v) is 7.97. The Morgan fingerprint density at radius 2 is 1.24 bits per heavy atom. The summed E-state index contributed by atoms with van der Waals surface area (Å²) in [7, 11) is -4.59. The molecule has 0 aromatic heterocycles. The number of ketones is 1. The van der Waals surface area contributed by atoms with E-state index in [0.717, 1.165) is 0 Å². The van der Waals surface area contributed by atoms with Gasteiger partial charge >= 0.3 is 5.97 Å². The minimum Gasteiger partial charge on any atom is -0.465 e. The van der Waals surface area contributed by atoms with Gasteiger partial charge < -0.3 is 4.74 Å². The van der Waals surface area contributed by atoms with Crippen LogP contribution in [-0.2, 0) is 19.4 Å². The number of ether oxygens (including phenoxy) is 1. The second-order valence-electron chi connectivity index (χ2n) is 8.51. The van der Waals surface area contributed by atoms with Crippen molar-refractivity contribution in [2.45, 2.75) is 29.5 Å². The van der Waals surface area contributed by atoms with Crippen LogP contribution in [0.4, 0.5) is 0 Å². The molecule has 1 fully saturated rings. The maximum absolute atomic E-state index is 14.3. The molecule has 1 saturated heterocycles. The summed E-state index contributed by atoms with van der Waals surface area (Å²) in [6.07, 6.45) is 0. The van der Waals surface area contributed by atoms with Crippen LogP contribution in [0, 0.1) is 0 Å². The quantitative estimate of drug-likeness (QED) is 0.233. The third-order valence-electron chi connectivity index (χ3n) is 6.17. The van der Waals surface area contributed by atoms with Gasteiger partial charge in [-0.3, -0.25) is 14.9 Å². The first-order chi connectivity index (χ1) is 17.9. The number of Topliss-reactive ketones (excluding diaryl/α,β-unsaturated/α-hetero) is 1. The van der Waals surface area contributed by atoms with E-state index in [2.05, 4.69) is 5.32 Å². The minimum atomic E-state index is -4.59. The van der Waals surface area contributed by atoms with Crippen molar-refractivity contribution in [1.82, 2.24) is 5.32 Å². The van der Waals surface area contributed by atoms with E-state index in [4.69, 9.17) is 62.7 Å². The van der Waals surface area contributed by atoms with Crippen LogP contribution in [-0.4, -0.2) is 37.3 Å². The number of esters is 1. The zero-order valence-corrected chi connectivity index (χ0v) is 24.2. The van der Waals surface area contributed by atoms with Crippen molar-refractivity contribution in [2.24, 2.45) is 0 Å². The number of sulfone groups is 1. The van der Waals surface area contributed by atoms with E-state index in [0.29, 0.717) is 20.6 Å². The van der Waals surface area contributed by atoms with E-state index in [9.17, 15) is 18.0 Å². The lowest BCUT2D eigenvalue weighted by molar-refractivity contribution is -0.143. The Kier molecular flexibility index (Phi) is 8.99. The van der Waals surface area contributed by atoms with Gasteiger partial charge in [-0.25, -0.2) is 8.42 Å². The van der Waals surface area contributed by atoms with Gasteiger partial charge in [-0.15, -0.1) is 0 Å². The first-order valence-corrected chi connectivity index (χ1v) is 14.8. The van der Waals surface area contributed by atoms with Gasteiger partial charge in [-0.05, 0) is 66.6 Å². The highest BCUT2D eigenvalue weighted by atomic mass is 35.5. The van der Waals surface area contributed by atoms with Gasteiger partial charge in [0.1, 0.15) is 5.25 Å². The lowest BCUT2D eigenvalue weighted by Crippen LogP contribution is -2.59.